The molecule has 0 heterocycles. The third kappa shape index (κ3) is 1.87. The number of aryl methyl sites for hydroxylation is 1. The number of methoxy groups -OCH3 is 1. The summed E-state index contributed by atoms with van der Waals surface area (Å²) in [6.45, 7) is 0. The number of nitriles is 1. The van der Waals surface area contributed by atoms with Gasteiger partial charge in [0.1, 0.15) is 0 Å². The summed E-state index contributed by atoms with van der Waals surface area (Å²) in [7, 11) is 1.67. The van der Waals surface area contributed by atoms with Gasteiger partial charge in [-0.05, 0) is 48.1 Å². The molecular formula is C13H13NO. The van der Waals surface area contributed by atoms with E-state index in [1.165, 1.54) is 16.7 Å². The Hall–Kier alpha value is -1.75. The monoisotopic (exact) mass is 199 g/mol. The molecule has 76 valence electrons. The van der Waals surface area contributed by atoms with Crippen LogP contribution in [0.1, 0.15) is 29.5 Å². The first-order valence-corrected chi connectivity index (χ1v) is 5.10. The molecule has 0 fully saturated rings. The average Bonchev–Trinajstić information content (AvgIpc) is 2.29. The molecule has 1 aliphatic rings. The van der Waals surface area contributed by atoms with Crippen molar-refractivity contribution in [2.45, 2.75) is 19.3 Å². The molecule has 1 aromatic rings. The van der Waals surface area contributed by atoms with Gasteiger partial charge in [0.2, 0.25) is 0 Å². The van der Waals surface area contributed by atoms with Crippen LogP contribution in [0.15, 0.2) is 24.5 Å². The maximum Gasteiger partial charge on any atom is 0.0991 e. The van der Waals surface area contributed by atoms with E-state index in [-0.39, 0.29) is 0 Å². The van der Waals surface area contributed by atoms with Gasteiger partial charge in [-0.3, -0.25) is 0 Å². The van der Waals surface area contributed by atoms with Crippen LogP contribution in [0.25, 0.3) is 5.57 Å². The summed E-state index contributed by atoms with van der Waals surface area (Å²) < 4.78 is 5.07. The number of fused-ring (bicyclic) bond motifs is 1. The van der Waals surface area contributed by atoms with Crippen molar-refractivity contribution >= 4 is 5.57 Å². The molecule has 0 aliphatic heterocycles. The van der Waals surface area contributed by atoms with E-state index in [0.717, 1.165) is 24.8 Å². The predicted molar refractivity (Wildman–Crippen MR) is 59.1 cm³/mol. The summed E-state index contributed by atoms with van der Waals surface area (Å²) in [4.78, 5) is 0. The SMILES string of the molecule is COC=C1CCCc2cc(C#N)ccc21. The molecule has 0 amide bonds. The van der Waals surface area contributed by atoms with Crippen LogP contribution in [0, 0.1) is 11.3 Å². The Morgan fingerprint density at radius 2 is 2.27 bits per heavy atom. The van der Waals surface area contributed by atoms with E-state index in [4.69, 9.17) is 10.00 Å². The predicted octanol–water partition coefficient (Wildman–Crippen LogP) is 2.88. The lowest BCUT2D eigenvalue weighted by Crippen LogP contribution is -2.02. The van der Waals surface area contributed by atoms with Crippen molar-refractivity contribution in [3.63, 3.8) is 0 Å². The third-order valence-corrected chi connectivity index (χ3v) is 2.73. The fourth-order valence-electron chi connectivity index (χ4n) is 2.05. The Morgan fingerprint density at radius 3 is 3.00 bits per heavy atom. The molecule has 2 rings (SSSR count). The highest BCUT2D eigenvalue weighted by molar-refractivity contribution is 5.70. The van der Waals surface area contributed by atoms with Gasteiger partial charge in [0.25, 0.3) is 0 Å². The van der Waals surface area contributed by atoms with Crippen molar-refractivity contribution in [1.29, 1.82) is 5.26 Å². The van der Waals surface area contributed by atoms with Gasteiger partial charge in [0, 0.05) is 0 Å². The summed E-state index contributed by atoms with van der Waals surface area (Å²) in [5, 5.41) is 8.82. The van der Waals surface area contributed by atoms with Gasteiger partial charge in [-0.1, -0.05) is 6.07 Å². The van der Waals surface area contributed by atoms with Crippen molar-refractivity contribution in [3.05, 3.63) is 41.2 Å². The van der Waals surface area contributed by atoms with E-state index in [9.17, 15) is 0 Å². The molecule has 0 saturated heterocycles. The van der Waals surface area contributed by atoms with Crippen LogP contribution in [-0.4, -0.2) is 7.11 Å². The lowest BCUT2D eigenvalue weighted by molar-refractivity contribution is 0.338. The molecule has 1 aliphatic carbocycles. The van der Waals surface area contributed by atoms with E-state index in [2.05, 4.69) is 6.07 Å². The first-order valence-electron chi connectivity index (χ1n) is 5.10. The van der Waals surface area contributed by atoms with Crippen LogP contribution in [-0.2, 0) is 11.2 Å². The number of rotatable bonds is 1. The highest BCUT2D eigenvalue weighted by Gasteiger charge is 2.14. The second-order valence-electron chi connectivity index (χ2n) is 3.72. The summed E-state index contributed by atoms with van der Waals surface area (Å²) in [6.07, 6.45) is 5.07. The van der Waals surface area contributed by atoms with Crippen LogP contribution in [0.2, 0.25) is 0 Å². The lowest BCUT2D eigenvalue weighted by atomic mass is 9.87. The van der Waals surface area contributed by atoms with E-state index < -0.39 is 0 Å². The first-order chi connectivity index (χ1) is 7.35. The summed E-state index contributed by atoms with van der Waals surface area (Å²) >= 11 is 0. The van der Waals surface area contributed by atoms with E-state index in [0.29, 0.717) is 0 Å². The van der Waals surface area contributed by atoms with Gasteiger partial charge in [-0.25, -0.2) is 0 Å². The Kier molecular flexibility index (Phi) is 2.73. The minimum Gasteiger partial charge on any atom is -0.504 e. The summed E-state index contributed by atoms with van der Waals surface area (Å²) in [6, 6.07) is 8.05. The number of allylic oxidation sites excluding steroid dienone is 1. The standard InChI is InChI=1S/C13H13NO/c1-15-9-12-4-2-3-11-7-10(8-14)5-6-13(11)12/h5-7,9H,2-4H2,1H3. The minimum atomic E-state index is 0.743. The van der Waals surface area contributed by atoms with Crippen LogP contribution in [0.5, 0.6) is 0 Å². The fourth-order valence-corrected chi connectivity index (χ4v) is 2.05. The van der Waals surface area contributed by atoms with Crippen LogP contribution < -0.4 is 0 Å². The fraction of sp³-hybridized carbons (Fsp3) is 0.308. The molecule has 0 radical (unpaired) electrons. The van der Waals surface area contributed by atoms with Gasteiger partial charge in [-0.15, -0.1) is 0 Å². The molecule has 0 N–H and O–H groups in total. The number of hydrogen-bond donors (Lipinski definition) is 0. The van der Waals surface area contributed by atoms with E-state index in [1.807, 2.05) is 24.5 Å². The van der Waals surface area contributed by atoms with Gasteiger partial charge in [0.05, 0.1) is 25.0 Å². The molecule has 0 atom stereocenters. The number of benzene rings is 1. The Morgan fingerprint density at radius 1 is 1.40 bits per heavy atom. The molecule has 15 heavy (non-hydrogen) atoms. The first kappa shape index (κ1) is 9.79. The van der Waals surface area contributed by atoms with E-state index >= 15 is 0 Å². The highest BCUT2D eigenvalue weighted by Crippen LogP contribution is 2.31. The number of nitrogens with zero attached hydrogens (tertiary/aromatic N) is 1. The molecule has 2 heteroatoms. The highest BCUT2D eigenvalue weighted by atomic mass is 16.5. The number of hydrogen-bond acceptors (Lipinski definition) is 2. The smallest absolute Gasteiger partial charge is 0.0991 e. The Labute approximate surface area is 89.8 Å². The molecule has 0 spiro atoms. The number of ether oxygens (including phenoxy) is 1. The zero-order valence-electron chi connectivity index (χ0n) is 8.79. The van der Waals surface area contributed by atoms with Gasteiger partial charge >= 0.3 is 0 Å². The average molecular weight is 199 g/mol. The molecule has 0 aromatic heterocycles. The summed E-state index contributed by atoms with van der Waals surface area (Å²) in [5.41, 5.74) is 4.49. The Bertz CT molecular complexity index is 440. The zero-order chi connectivity index (χ0) is 10.7. The second kappa shape index (κ2) is 4.18. The largest absolute Gasteiger partial charge is 0.504 e. The van der Waals surface area contributed by atoms with Crippen LogP contribution in [0.4, 0.5) is 0 Å². The van der Waals surface area contributed by atoms with Crippen molar-refractivity contribution in [2.24, 2.45) is 0 Å². The maximum absolute atomic E-state index is 8.82. The van der Waals surface area contributed by atoms with Crippen LogP contribution >= 0.6 is 0 Å². The lowest BCUT2D eigenvalue weighted by Gasteiger charge is -2.18. The second-order valence-corrected chi connectivity index (χ2v) is 3.72. The van der Waals surface area contributed by atoms with E-state index in [1.54, 1.807) is 7.11 Å². The van der Waals surface area contributed by atoms with Crippen molar-refractivity contribution in [2.75, 3.05) is 7.11 Å². The zero-order valence-corrected chi connectivity index (χ0v) is 8.79. The maximum atomic E-state index is 8.82. The molecule has 0 bridgehead atoms. The molecule has 0 unspecified atom stereocenters. The topological polar surface area (TPSA) is 33.0 Å². The normalized spacial score (nSPS) is 16.9. The minimum absolute atomic E-state index is 0.743. The molecule has 2 nitrogen and oxygen atoms in total. The third-order valence-electron chi connectivity index (χ3n) is 2.73. The molecular weight excluding hydrogens is 186 g/mol. The summed E-state index contributed by atoms with van der Waals surface area (Å²) in [5.74, 6) is 0. The molecule has 1 aromatic carbocycles. The van der Waals surface area contributed by atoms with Crippen molar-refractivity contribution < 1.29 is 4.74 Å². The van der Waals surface area contributed by atoms with Gasteiger partial charge < -0.3 is 4.74 Å². The van der Waals surface area contributed by atoms with Crippen molar-refractivity contribution in [3.8, 4) is 6.07 Å². The quantitative estimate of drug-likeness (QED) is 0.651. The van der Waals surface area contributed by atoms with Gasteiger partial charge in [0.15, 0.2) is 0 Å². The molecule has 0 saturated carbocycles. The Balaban J connectivity index is 2.46. The van der Waals surface area contributed by atoms with Crippen molar-refractivity contribution in [1.82, 2.24) is 0 Å². The van der Waals surface area contributed by atoms with Crippen LogP contribution in [0.3, 0.4) is 0 Å². The van der Waals surface area contributed by atoms with Gasteiger partial charge in [-0.2, -0.15) is 5.26 Å².